The number of unbranched alkanes of at least 4 members (excludes halogenated alkanes) is 1. The number of aryl methyl sites for hydroxylation is 1. The van der Waals surface area contributed by atoms with Crippen molar-refractivity contribution in [3.63, 3.8) is 0 Å². The van der Waals surface area contributed by atoms with Crippen LogP contribution in [0.4, 0.5) is 4.39 Å². The average molecular weight is 497 g/mol. The molecular formula is C22H26ClFN4O2S2. The minimum Gasteiger partial charge on any atom is -0.272 e. The van der Waals surface area contributed by atoms with Crippen molar-refractivity contribution in [1.29, 1.82) is 0 Å². The number of nitrogens with one attached hydrogen (secondary N) is 1. The summed E-state index contributed by atoms with van der Waals surface area (Å²) in [6.07, 6.45) is 1.37. The Balaban J connectivity index is 1.96. The van der Waals surface area contributed by atoms with Crippen molar-refractivity contribution in [3.05, 3.63) is 70.3 Å². The van der Waals surface area contributed by atoms with Gasteiger partial charge in [0.05, 0.1) is 17.5 Å². The molecule has 172 valence electrons. The normalized spacial score (nSPS) is 12.8. The van der Waals surface area contributed by atoms with Crippen molar-refractivity contribution < 1.29 is 12.8 Å². The van der Waals surface area contributed by atoms with Crippen molar-refractivity contribution in [1.82, 2.24) is 19.5 Å². The number of rotatable bonds is 10. The van der Waals surface area contributed by atoms with Gasteiger partial charge in [0.1, 0.15) is 5.82 Å². The van der Waals surface area contributed by atoms with E-state index in [4.69, 9.17) is 11.6 Å². The van der Waals surface area contributed by atoms with Gasteiger partial charge in [0.25, 0.3) is 0 Å². The molecule has 2 aromatic carbocycles. The maximum Gasteiger partial charge on any atom is 0.212 e. The van der Waals surface area contributed by atoms with Crippen molar-refractivity contribution in [2.45, 2.75) is 50.6 Å². The van der Waals surface area contributed by atoms with Gasteiger partial charge in [0.2, 0.25) is 10.0 Å². The lowest BCUT2D eigenvalue weighted by molar-refractivity contribution is 0.553. The quantitative estimate of drug-likeness (QED) is 0.378. The molecule has 3 aromatic rings. The second-order valence-corrected chi connectivity index (χ2v) is 10.8. The zero-order valence-electron chi connectivity index (χ0n) is 18.2. The van der Waals surface area contributed by atoms with E-state index in [0.717, 1.165) is 23.2 Å². The SMILES string of the molecule is CCCCS(=O)(=O)NC(C)c1nnc(SCc2ccc(F)cc2)n1-c1cc(Cl)ccc1C. The highest BCUT2D eigenvalue weighted by atomic mass is 35.5. The van der Waals surface area contributed by atoms with Gasteiger partial charge < -0.3 is 0 Å². The van der Waals surface area contributed by atoms with Crippen molar-refractivity contribution in [3.8, 4) is 5.69 Å². The number of hydrogen-bond acceptors (Lipinski definition) is 5. The first-order valence-electron chi connectivity index (χ1n) is 10.3. The van der Waals surface area contributed by atoms with Crippen LogP contribution in [0.5, 0.6) is 0 Å². The van der Waals surface area contributed by atoms with Crippen LogP contribution in [-0.4, -0.2) is 28.9 Å². The fraction of sp³-hybridized carbons (Fsp3) is 0.364. The van der Waals surface area contributed by atoms with E-state index in [1.165, 1.54) is 23.9 Å². The number of halogens is 2. The molecule has 0 aliphatic rings. The van der Waals surface area contributed by atoms with E-state index in [1.54, 1.807) is 25.1 Å². The smallest absolute Gasteiger partial charge is 0.212 e. The third-order valence-electron chi connectivity index (χ3n) is 4.86. The van der Waals surface area contributed by atoms with E-state index in [2.05, 4.69) is 14.9 Å². The average Bonchev–Trinajstić information content (AvgIpc) is 3.17. The van der Waals surface area contributed by atoms with Gasteiger partial charge in [-0.2, -0.15) is 0 Å². The number of nitrogens with zero attached hydrogens (tertiary/aromatic N) is 3. The second-order valence-electron chi connectivity index (χ2n) is 7.53. The molecule has 0 amide bonds. The van der Waals surface area contributed by atoms with Crippen molar-refractivity contribution in [2.75, 3.05) is 5.75 Å². The van der Waals surface area contributed by atoms with Gasteiger partial charge >= 0.3 is 0 Å². The van der Waals surface area contributed by atoms with Crippen LogP contribution < -0.4 is 4.72 Å². The number of benzene rings is 2. The maximum atomic E-state index is 13.2. The maximum absolute atomic E-state index is 13.2. The summed E-state index contributed by atoms with van der Waals surface area (Å²) < 4.78 is 42.7. The first-order valence-corrected chi connectivity index (χ1v) is 13.3. The molecule has 0 fully saturated rings. The first kappa shape index (κ1) is 24.7. The topological polar surface area (TPSA) is 76.9 Å². The van der Waals surface area contributed by atoms with Crippen LogP contribution in [0.15, 0.2) is 47.6 Å². The molecule has 0 bridgehead atoms. The van der Waals surface area contributed by atoms with Gasteiger partial charge in [-0.05, 0) is 55.7 Å². The van der Waals surface area contributed by atoms with E-state index in [9.17, 15) is 12.8 Å². The van der Waals surface area contributed by atoms with E-state index >= 15 is 0 Å². The Morgan fingerprint density at radius 3 is 2.59 bits per heavy atom. The monoisotopic (exact) mass is 496 g/mol. The molecule has 32 heavy (non-hydrogen) atoms. The van der Waals surface area contributed by atoms with Crippen molar-refractivity contribution in [2.24, 2.45) is 0 Å². The summed E-state index contributed by atoms with van der Waals surface area (Å²) in [7, 11) is -3.46. The number of hydrogen-bond donors (Lipinski definition) is 1. The predicted molar refractivity (Wildman–Crippen MR) is 127 cm³/mol. The molecule has 0 radical (unpaired) electrons. The Bertz CT molecular complexity index is 1170. The molecule has 0 saturated carbocycles. The van der Waals surface area contributed by atoms with Gasteiger partial charge in [-0.3, -0.25) is 4.57 Å². The van der Waals surface area contributed by atoms with Crippen LogP contribution in [-0.2, 0) is 15.8 Å². The zero-order valence-corrected chi connectivity index (χ0v) is 20.6. The first-order chi connectivity index (χ1) is 15.2. The van der Waals surface area contributed by atoms with Gasteiger partial charge in [-0.25, -0.2) is 17.5 Å². The fourth-order valence-electron chi connectivity index (χ4n) is 3.15. The molecule has 1 N–H and O–H groups in total. The number of thioether (sulfide) groups is 1. The van der Waals surface area contributed by atoms with Crippen LogP contribution >= 0.6 is 23.4 Å². The lowest BCUT2D eigenvalue weighted by Crippen LogP contribution is -2.30. The van der Waals surface area contributed by atoms with Gasteiger partial charge in [0.15, 0.2) is 11.0 Å². The lowest BCUT2D eigenvalue weighted by atomic mass is 10.2. The minimum atomic E-state index is -3.46. The summed E-state index contributed by atoms with van der Waals surface area (Å²) >= 11 is 7.69. The Morgan fingerprint density at radius 1 is 1.19 bits per heavy atom. The third kappa shape index (κ3) is 6.31. The number of aromatic nitrogens is 3. The van der Waals surface area contributed by atoms with Crippen LogP contribution in [0.2, 0.25) is 5.02 Å². The van der Waals surface area contributed by atoms with Crippen LogP contribution in [0.25, 0.3) is 5.69 Å². The van der Waals surface area contributed by atoms with Gasteiger partial charge in [-0.15, -0.1) is 10.2 Å². The molecule has 0 aliphatic carbocycles. The van der Waals surface area contributed by atoms with E-state index in [0.29, 0.717) is 28.2 Å². The Kier molecular flexibility index (Phi) is 8.32. The van der Waals surface area contributed by atoms with Gasteiger partial charge in [0, 0.05) is 10.8 Å². The van der Waals surface area contributed by atoms with Gasteiger partial charge in [-0.1, -0.05) is 54.9 Å². The van der Waals surface area contributed by atoms with Crippen LogP contribution in [0.3, 0.4) is 0 Å². The standard InChI is InChI=1S/C22H26ClFN4O2S2/c1-4-5-12-32(29,30)27-16(3)21-25-26-22(31-14-17-7-10-19(24)11-8-17)28(21)20-13-18(23)9-6-15(20)2/h6-11,13,16,27H,4-5,12,14H2,1-3H3. The summed E-state index contributed by atoms with van der Waals surface area (Å²) in [6.45, 7) is 5.64. The largest absolute Gasteiger partial charge is 0.272 e. The second kappa shape index (κ2) is 10.8. The van der Waals surface area contributed by atoms with Crippen molar-refractivity contribution >= 4 is 33.4 Å². The lowest BCUT2D eigenvalue weighted by Gasteiger charge is -2.18. The molecule has 1 unspecified atom stereocenters. The molecule has 0 aliphatic heterocycles. The summed E-state index contributed by atoms with van der Waals surface area (Å²) in [5.74, 6) is 0.791. The summed E-state index contributed by atoms with van der Waals surface area (Å²) in [6, 6.07) is 11.2. The highest BCUT2D eigenvalue weighted by Crippen LogP contribution is 2.30. The molecule has 0 spiro atoms. The molecular weight excluding hydrogens is 471 g/mol. The Hall–Kier alpha value is -1.94. The van der Waals surface area contributed by atoms with E-state index in [-0.39, 0.29) is 11.6 Å². The Labute approximate surface area is 197 Å². The summed E-state index contributed by atoms with van der Waals surface area (Å²) in [4.78, 5) is 0. The highest BCUT2D eigenvalue weighted by Gasteiger charge is 2.24. The van der Waals surface area contributed by atoms with Crippen LogP contribution in [0, 0.1) is 12.7 Å². The third-order valence-corrected chi connectivity index (χ3v) is 7.64. The molecule has 0 saturated heterocycles. The minimum absolute atomic E-state index is 0.0599. The molecule has 1 aromatic heterocycles. The zero-order chi connectivity index (χ0) is 23.3. The number of sulfonamides is 1. The Morgan fingerprint density at radius 2 is 1.91 bits per heavy atom. The van der Waals surface area contributed by atoms with Crippen LogP contribution in [0.1, 0.15) is 49.7 Å². The molecule has 1 atom stereocenters. The molecule has 3 rings (SSSR count). The van der Waals surface area contributed by atoms with E-state index < -0.39 is 16.1 Å². The predicted octanol–water partition coefficient (Wildman–Crippen LogP) is 5.44. The molecule has 6 nitrogen and oxygen atoms in total. The fourth-order valence-corrected chi connectivity index (χ4v) is 5.65. The molecule has 10 heteroatoms. The van der Waals surface area contributed by atoms with E-state index in [1.807, 2.05) is 30.5 Å². The summed E-state index contributed by atoms with van der Waals surface area (Å²) in [5.41, 5.74) is 2.66. The highest BCUT2D eigenvalue weighted by molar-refractivity contribution is 7.98. The summed E-state index contributed by atoms with van der Waals surface area (Å²) in [5, 5.41) is 9.79. The molecule has 1 heterocycles.